The van der Waals surface area contributed by atoms with Crippen LogP contribution in [0.4, 0.5) is 11.8 Å². The first-order valence-corrected chi connectivity index (χ1v) is 9.39. The Morgan fingerprint density at radius 2 is 2.07 bits per heavy atom. The molecule has 0 aliphatic carbocycles. The summed E-state index contributed by atoms with van der Waals surface area (Å²) in [6.45, 7) is 2.76. The molecule has 1 atom stereocenters. The van der Waals surface area contributed by atoms with Crippen LogP contribution in [-0.2, 0) is 6.54 Å². The molecule has 1 aromatic carbocycles. The first-order chi connectivity index (χ1) is 13.7. The molecule has 5 N–H and O–H groups in total. The van der Waals surface area contributed by atoms with E-state index in [1.54, 1.807) is 7.11 Å². The highest BCUT2D eigenvalue weighted by molar-refractivity contribution is 5.86. The molecule has 0 saturated heterocycles. The predicted molar refractivity (Wildman–Crippen MR) is 109 cm³/mol. The molecule has 9 heteroatoms. The van der Waals surface area contributed by atoms with Gasteiger partial charge in [-0.3, -0.25) is 10.1 Å². The van der Waals surface area contributed by atoms with Crippen molar-refractivity contribution in [3.8, 4) is 5.75 Å². The van der Waals surface area contributed by atoms with Crippen molar-refractivity contribution in [2.75, 3.05) is 24.5 Å². The molecule has 28 heavy (non-hydrogen) atoms. The van der Waals surface area contributed by atoms with E-state index in [9.17, 15) is 5.11 Å². The summed E-state index contributed by atoms with van der Waals surface area (Å²) in [6, 6.07) is 7.92. The molecule has 1 unspecified atom stereocenters. The first-order valence-electron chi connectivity index (χ1n) is 9.39. The van der Waals surface area contributed by atoms with E-state index in [2.05, 4.69) is 32.7 Å². The minimum absolute atomic E-state index is 0.0955. The molecule has 2 heterocycles. The van der Waals surface area contributed by atoms with Gasteiger partial charge in [-0.15, -0.1) is 0 Å². The summed E-state index contributed by atoms with van der Waals surface area (Å²) < 4.78 is 7.24. The third-order valence-corrected chi connectivity index (χ3v) is 4.52. The lowest BCUT2D eigenvalue weighted by Crippen LogP contribution is -2.22. The fourth-order valence-corrected chi connectivity index (χ4v) is 3.20. The van der Waals surface area contributed by atoms with Crippen molar-refractivity contribution in [3.63, 3.8) is 0 Å². The number of para-hydroxylation sites is 1. The van der Waals surface area contributed by atoms with Crippen LogP contribution in [0.3, 0.4) is 0 Å². The van der Waals surface area contributed by atoms with Crippen LogP contribution in [0.5, 0.6) is 5.75 Å². The summed E-state index contributed by atoms with van der Waals surface area (Å²) >= 11 is 0. The highest BCUT2D eigenvalue weighted by Crippen LogP contribution is 2.24. The van der Waals surface area contributed by atoms with Crippen LogP contribution in [0.25, 0.3) is 11.0 Å². The van der Waals surface area contributed by atoms with Crippen LogP contribution in [-0.4, -0.2) is 44.6 Å². The Morgan fingerprint density at radius 1 is 1.25 bits per heavy atom. The van der Waals surface area contributed by atoms with E-state index in [0.717, 1.165) is 24.2 Å². The number of fused-ring (bicyclic) bond motifs is 1. The molecule has 3 aromatic rings. The Bertz CT molecular complexity index is 906. The highest BCUT2D eigenvalue weighted by atomic mass is 16.5. The number of ether oxygens (including phenoxy) is 1. The summed E-state index contributed by atoms with van der Waals surface area (Å²) in [5.74, 6) is 7.26. The summed E-state index contributed by atoms with van der Waals surface area (Å²) in [7, 11) is 1.65. The summed E-state index contributed by atoms with van der Waals surface area (Å²) in [6.07, 6.45) is 4.40. The van der Waals surface area contributed by atoms with Crippen LogP contribution >= 0.6 is 0 Å². The molecule has 0 fully saturated rings. The molecule has 0 aliphatic heterocycles. The van der Waals surface area contributed by atoms with Crippen molar-refractivity contribution < 1.29 is 9.84 Å². The zero-order valence-corrected chi connectivity index (χ0v) is 16.2. The summed E-state index contributed by atoms with van der Waals surface area (Å²) in [5.41, 5.74) is 4.86. The zero-order valence-electron chi connectivity index (χ0n) is 16.2. The van der Waals surface area contributed by atoms with Gasteiger partial charge in [0.2, 0.25) is 5.95 Å². The number of nitrogens with zero attached hydrogens (tertiary/aromatic N) is 4. The molecule has 3 rings (SSSR count). The average Bonchev–Trinajstić information content (AvgIpc) is 3.11. The van der Waals surface area contributed by atoms with E-state index in [1.165, 1.54) is 0 Å². The molecule has 0 amide bonds. The number of hydrogen-bond acceptors (Lipinski definition) is 8. The number of aliphatic hydroxyl groups excluding tert-OH is 1. The number of benzene rings is 1. The Hall–Kier alpha value is -2.91. The van der Waals surface area contributed by atoms with E-state index in [4.69, 9.17) is 10.6 Å². The first kappa shape index (κ1) is 19.8. The molecule has 150 valence electrons. The van der Waals surface area contributed by atoms with Crippen molar-refractivity contribution >= 4 is 22.8 Å². The molecule has 0 aliphatic rings. The Kier molecular flexibility index (Phi) is 6.62. The quantitative estimate of drug-likeness (QED) is 0.309. The lowest BCUT2D eigenvalue weighted by Gasteiger charge is -2.18. The maximum absolute atomic E-state index is 9.34. The lowest BCUT2D eigenvalue weighted by molar-refractivity contribution is 0.276. The van der Waals surface area contributed by atoms with Gasteiger partial charge in [-0.05, 0) is 18.9 Å². The maximum Gasteiger partial charge on any atom is 0.239 e. The van der Waals surface area contributed by atoms with Crippen LogP contribution in [0.1, 0.15) is 31.7 Å². The molecule has 0 radical (unpaired) electrons. The van der Waals surface area contributed by atoms with Crippen molar-refractivity contribution in [2.45, 2.75) is 38.8 Å². The van der Waals surface area contributed by atoms with E-state index >= 15 is 0 Å². The van der Waals surface area contributed by atoms with Gasteiger partial charge in [0.05, 0.1) is 19.9 Å². The highest BCUT2D eigenvalue weighted by Gasteiger charge is 2.16. The molecule has 0 saturated carbocycles. The van der Waals surface area contributed by atoms with Crippen LogP contribution in [0, 0.1) is 0 Å². The Morgan fingerprint density at radius 3 is 2.79 bits per heavy atom. The molecule has 0 spiro atoms. The standard InChI is InChI=1S/C19H27N7O2/c1-3-6-14(9-10-27)21-18-17-15(22-19(23-18)24-20)12-26(25-17)11-13-7-4-5-8-16(13)28-2/h4-5,7-8,12,14,27H,3,6,9-11,20H2,1-2H3,(H2,21,22,23,24). The van der Waals surface area contributed by atoms with Gasteiger partial charge in [-0.25, -0.2) is 10.8 Å². The SMILES string of the molecule is CCCC(CCO)Nc1nc(NN)nc2cn(Cc3ccccc3OC)nc12. The number of nitrogens with two attached hydrogens (primary N) is 1. The summed E-state index contributed by atoms with van der Waals surface area (Å²) in [5, 5.41) is 17.4. The molecule has 0 bridgehead atoms. The van der Waals surface area contributed by atoms with Gasteiger partial charge in [-0.1, -0.05) is 31.5 Å². The minimum Gasteiger partial charge on any atom is -0.496 e. The van der Waals surface area contributed by atoms with Gasteiger partial charge in [0.25, 0.3) is 0 Å². The van der Waals surface area contributed by atoms with Crippen LogP contribution < -0.4 is 21.3 Å². The predicted octanol–water partition coefficient (Wildman–Crippen LogP) is 2.13. The number of methoxy groups -OCH3 is 1. The second kappa shape index (κ2) is 9.34. The third-order valence-electron chi connectivity index (χ3n) is 4.52. The minimum atomic E-state index is 0.0955. The van der Waals surface area contributed by atoms with Crippen molar-refractivity contribution in [1.29, 1.82) is 0 Å². The van der Waals surface area contributed by atoms with Gasteiger partial charge in [-0.2, -0.15) is 10.1 Å². The lowest BCUT2D eigenvalue weighted by atomic mass is 10.1. The number of anilines is 2. The molecular weight excluding hydrogens is 358 g/mol. The van der Waals surface area contributed by atoms with E-state index < -0.39 is 0 Å². The van der Waals surface area contributed by atoms with E-state index in [1.807, 2.05) is 35.1 Å². The van der Waals surface area contributed by atoms with Gasteiger partial charge >= 0.3 is 0 Å². The number of rotatable bonds is 10. The fourth-order valence-electron chi connectivity index (χ4n) is 3.20. The van der Waals surface area contributed by atoms with Crippen molar-refractivity contribution in [3.05, 3.63) is 36.0 Å². The average molecular weight is 385 g/mol. The van der Waals surface area contributed by atoms with E-state index in [0.29, 0.717) is 35.8 Å². The van der Waals surface area contributed by atoms with Gasteiger partial charge in [0.15, 0.2) is 11.3 Å². The summed E-state index contributed by atoms with van der Waals surface area (Å²) in [4.78, 5) is 8.84. The van der Waals surface area contributed by atoms with Gasteiger partial charge < -0.3 is 15.2 Å². The normalized spacial score (nSPS) is 12.1. The second-order valence-electron chi connectivity index (χ2n) is 6.55. The number of hydrazine groups is 1. The van der Waals surface area contributed by atoms with Crippen LogP contribution in [0.2, 0.25) is 0 Å². The maximum atomic E-state index is 9.34. The number of aromatic nitrogens is 4. The number of nitrogens with one attached hydrogen (secondary N) is 2. The van der Waals surface area contributed by atoms with Crippen LogP contribution in [0.15, 0.2) is 30.5 Å². The molecular formula is C19H27N7O2. The van der Waals surface area contributed by atoms with E-state index in [-0.39, 0.29) is 12.6 Å². The number of nitrogen functional groups attached to an aromatic ring is 1. The smallest absolute Gasteiger partial charge is 0.239 e. The van der Waals surface area contributed by atoms with Gasteiger partial charge in [0, 0.05) is 18.2 Å². The number of aliphatic hydroxyl groups is 1. The monoisotopic (exact) mass is 385 g/mol. The van der Waals surface area contributed by atoms with Crippen molar-refractivity contribution in [1.82, 2.24) is 19.7 Å². The zero-order chi connectivity index (χ0) is 19.9. The largest absolute Gasteiger partial charge is 0.496 e. The third kappa shape index (κ3) is 4.49. The van der Waals surface area contributed by atoms with Crippen molar-refractivity contribution in [2.24, 2.45) is 5.84 Å². The Labute approximate surface area is 163 Å². The molecule has 2 aromatic heterocycles. The second-order valence-corrected chi connectivity index (χ2v) is 6.55. The molecule has 9 nitrogen and oxygen atoms in total. The number of hydrogen-bond donors (Lipinski definition) is 4. The van der Waals surface area contributed by atoms with Gasteiger partial charge in [0.1, 0.15) is 11.3 Å². The topological polar surface area (TPSA) is 123 Å². The fraction of sp³-hybridized carbons (Fsp3) is 0.421. The Balaban J connectivity index is 1.95.